The fourth-order valence-corrected chi connectivity index (χ4v) is 2.70. The van der Waals surface area contributed by atoms with Gasteiger partial charge in [0.2, 0.25) is 0 Å². The molecule has 0 aliphatic carbocycles. The molecule has 0 spiro atoms. The molecule has 3 heterocycles. The highest BCUT2D eigenvalue weighted by atomic mass is 35.5. The summed E-state index contributed by atoms with van der Waals surface area (Å²) in [6.45, 7) is 3.16. The molecule has 2 aliphatic heterocycles. The van der Waals surface area contributed by atoms with Crippen LogP contribution in [0.15, 0.2) is 6.20 Å². The average molecular weight is 243 g/mol. The number of aromatic nitrogens is 2. The van der Waals surface area contributed by atoms with Gasteiger partial charge in [0.15, 0.2) is 0 Å². The van der Waals surface area contributed by atoms with Gasteiger partial charge in [0, 0.05) is 36.9 Å². The summed E-state index contributed by atoms with van der Waals surface area (Å²) in [6, 6.07) is 0.319. The van der Waals surface area contributed by atoms with Crippen molar-refractivity contribution in [3.8, 4) is 0 Å². The van der Waals surface area contributed by atoms with Gasteiger partial charge >= 0.3 is 0 Å². The number of aryl methyl sites for hydroxylation is 1. The van der Waals surface area contributed by atoms with Crippen molar-refractivity contribution >= 4 is 12.4 Å². The first-order valence-corrected chi connectivity index (χ1v) is 5.85. The van der Waals surface area contributed by atoms with Crippen LogP contribution < -0.4 is 11.1 Å². The van der Waals surface area contributed by atoms with Gasteiger partial charge in [0.25, 0.3) is 0 Å². The zero-order valence-electron chi connectivity index (χ0n) is 9.35. The molecule has 1 fully saturated rings. The maximum absolute atomic E-state index is 6.01. The number of hydrogen-bond acceptors (Lipinski definition) is 3. The van der Waals surface area contributed by atoms with E-state index in [9.17, 15) is 0 Å². The van der Waals surface area contributed by atoms with E-state index in [0.717, 1.165) is 32.5 Å². The van der Waals surface area contributed by atoms with Gasteiger partial charge in [-0.05, 0) is 25.8 Å². The standard InChI is InChI=1S/C11H18N4.ClH/c12-9-1-2-10-6-14-11(15(10)7-9)8-3-4-13-5-8;/h6,8-9,13H,1-5,7,12H2;1H. The Balaban J connectivity index is 0.000000963. The molecule has 2 atom stereocenters. The van der Waals surface area contributed by atoms with Crippen molar-refractivity contribution in [2.24, 2.45) is 5.73 Å². The molecule has 0 radical (unpaired) electrons. The molecule has 90 valence electrons. The first kappa shape index (κ1) is 11.9. The van der Waals surface area contributed by atoms with E-state index in [4.69, 9.17) is 5.73 Å². The van der Waals surface area contributed by atoms with Gasteiger partial charge in [-0.3, -0.25) is 0 Å². The number of fused-ring (bicyclic) bond motifs is 1. The second-order valence-electron chi connectivity index (χ2n) is 4.71. The summed E-state index contributed by atoms with van der Waals surface area (Å²) in [4.78, 5) is 4.58. The van der Waals surface area contributed by atoms with E-state index in [-0.39, 0.29) is 12.4 Å². The summed E-state index contributed by atoms with van der Waals surface area (Å²) in [5, 5.41) is 3.39. The second kappa shape index (κ2) is 4.73. The molecule has 0 aromatic carbocycles. The molecule has 0 amide bonds. The molecular weight excluding hydrogens is 224 g/mol. The number of imidazole rings is 1. The summed E-state index contributed by atoms with van der Waals surface area (Å²) in [7, 11) is 0. The van der Waals surface area contributed by atoms with E-state index in [1.807, 2.05) is 6.20 Å². The zero-order valence-corrected chi connectivity index (χ0v) is 10.2. The third kappa shape index (κ3) is 1.97. The van der Waals surface area contributed by atoms with Crippen LogP contribution in [0.5, 0.6) is 0 Å². The van der Waals surface area contributed by atoms with Gasteiger partial charge in [-0.2, -0.15) is 0 Å². The minimum absolute atomic E-state index is 0. The van der Waals surface area contributed by atoms with Crippen LogP contribution in [0, 0.1) is 0 Å². The fourth-order valence-electron chi connectivity index (χ4n) is 2.70. The van der Waals surface area contributed by atoms with Gasteiger partial charge in [0.05, 0.1) is 0 Å². The topological polar surface area (TPSA) is 55.9 Å². The van der Waals surface area contributed by atoms with Crippen molar-refractivity contribution in [1.29, 1.82) is 0 Å². The minimum Gasteiger partial charge on any atom is -0.330 e. The molecule has 0 saturated carbocycles. The molecule has 3 N–H and O–H groups in total. The van der Waals surface area contributed by atoms with Crippen molar-refractivity contribution in [2.75, 3.05) is 13.1 Å². The molecule has 1 saturated heterocycles. The molecule has 5 heteroatoms. The summed E-state index contributed by atoms with van der Waals surface area (Å²) in [5.41, 5.74) is 7.39. The molecule has 16 heavy (non-hydrogen) atoms. The number of nitrogens with two attached hydrogens (primary N) is 1. The molecule has 3 rings (SSSR count). The number of nitrogens with zero attached hydrogens (tertiary/aromatic N) is 2. The SMILES string of the molecule is Cl.NC1CCc2cnc(C3CCNC3)n2C1. The van der Waals surface area contributed by atoms with Crippen LogP contribution in [0.1, 0.15) is 30.3 Å². The van der Waals surface area contributed by atoms with Gasteiger partial charge in [-0.25, -0.2) is 4.98 Å². The van der Waals surface area contributed by atoms with E-state index in [0.29, 0.717) is 12.0 Å². The van der Waals surface area contributed by atoms with Crippen LogP contribution in [-0.2, 0) is 13.0 Å². The lowest BCUT2D eigenvalue weighted by molar-refractivity contribution is 0.440. The molecule has 4 nitrogen and oxygen atoms in total. The summed E-state index contributed by atoms with van der Waals surface area (Å²) >= 11 is 0. The Labute approximate surface area is 102 Å². The molecular formula is C11H19ClN4. The van der Waals surface area contributed by atoms with Crippen LogP contribution in [0.4, 0.5) is 0 Å². The first-order chi connectivity index (χ1) is 7.34. The summed E-state index contributed by atoms with van der Waals surface area (Å²) < 4.78 is 2.35. The van der Waals surface area contributed by atoms with Crippen molar-refractivity contribution in [3.63, 3.8) is 0 Å². The normalized spacial score (nSPS) is 28.6. The monoisotopic (exact) mass is 242 g/mol. The van der Waals surface area contributed by atoms with Crippen LogP contribution in [-0.4, -0.2) is 28.7 Å². The number of nitrogens with one attached hydrogen (secondary N) is 1. The predicted octanol–water partition coefficient (Wildman–Crippen LogP) is 0.655. The Hall–Kier alpha value is -0.580. The third-order valence-corrected chi connectivity index (χ3v) is 3.58. The Morgan fingerprint density at radius 2 is 2.31 bits per heavy atom. The molecule has 2 unspecified atom stereocenters. The van der Waals surface area contributed by atoms with Gasteiger partial charge in [-0.15, -0.1) is 12.4 Å². The van der Waals surface area contributed by atoms with E-state index in [1.54, 1.807) is 0 Å². The summed E-state index contributed by atoms with van der Waals surface area (Å²) in [6.07, 6.45) is 5.45. The van der Waals surface area contributed by atoms with Crippen molar-refractivity contribution in [3.05, 3.63) is 17.7 Å². The predicted molar refractivity (Wildman–Crippen MR) is 66.0 cm³/mol. The maximum atomic E-state index is 6.01. The number of rotatable bonds is 1. The molecule has 0 bridgehead atoms. The van der Waals surface area contributed by atoms with E-state index in [2.05, 4.69) is 14.9 Å². The van der Waals surface area contributed by atoms with E-state index < -0.39 is 0 Å². The van der Waals surface area contributed by atoms with E-state index in [1.165, 1.54) is 17.9 Å². The smallest absolute Gasteiger partial charge is 0.113 e. The number of halogens is 1. The van der Waals surface area contributed by atoms with Crippen molar-refractivity contribution in [1.82, 2.24) is 14.9 Å². The van der Waals surface area contributed by atoms with Crippen LogP contribution >= 0.6 is 12.4 Å². The quantitative estimate of drug-likeness (QED) is 0.761. The van der Waals surface area contributed by atoms with Crippen LogP contribution in [0.3, 0.4) is 0 Å². The lowest BCUT2D eigenvalue weighted by Crippen LogP contribution is -2.33. The first-order valence-electron chi connectivity index (χ1n) is 5.85. The molecule has 1 aromatic rings. The molecule has 1 aromatic heterocycles. The Morgan fingerprint density at radius 1 is 1.44 bits per heavy atom. The minimum atomic E-state index is 0. The van der Waals surface area contributed by atoms with Crippen LogP contribution in [0.25, 0.3) is 0 Å². The summed E-state index contributed by atoms with van der Waals surface area (Å²) in [5.74, 6) is 1.86. The highest BCUT2D eigenvalue weighted by molar-refractivity contribution is 5.85. The largest absolute Gasteiger partial charge is 0.330 e. The highest BCUT2D eigenvalue weighted by Crippen LogP contribution is 2.25. The van der Waals surface area contributed by atoms with Crippen molar-refractivity contribution in [2.45, 2.75) is 37.8 Å². The van der Waals surface area contributed by atoms with Gasteiger partial charge < -0.3 is 15.6 Å². The fraction of sp³-hybridized carbons (Fsp3) is 0.727. The lowest BCUT2D eigenvalue weighted by atomic mass is 10.0. The lowest BCUT2D eigenvalue weighted by Gasteiger charge is -2.23. The van der Waals surface area contributed by atoms with Crippen LogP contribution in [0.2, 0.25) is 0 Å². The number of hydrogen-bond donors (Lipinski definition) is 2. The van der Waals surface area contributed by atoms with Crippen molar-refractivity contribution < 1.29 is 0 Å². The molecule has 2 aliphatic rings. The average Bonchev–Trinajstić information content (AvgIpc) is 2.83. The maximum Gasteiger partial charge on any atom is 0.113 e. The van der Waals surface area contributed by atoms with Gasteiger partial charge in [-0.1, -0.05) is 0 Å². The highest BCUT2D eigenvalue weighted by Gasteiger charge is 2.25. The zero-order chi connectivity index (χ0) is 10.3. The Bertz CT molecular complexity index is 357. The Morgan fingerprint density at radius 3 is 3.06 bits per heavy atom. The second-order valence-corrected chi connectivity index (χ2v) is 4.71. The third-order valence-electron chi connectivity index (χ3n) is 3.58. The van der Waals surface area contributed by atoms with E-state index >= 15 is 0 Å². The Kier molecular flexibility index (Phi) is 3.52. The van der Waals surface area contributed by atoms with Gasteiger partial charge in [0.1, 0.15) is 5.82 Å².